The van der Waals surface area contributed by atoms with E-state index in [9.17, 15) is 4.79 Å². The van der Waals surface area contributed by atoms with Gasteiger partial charge in [0.05, 0.1) is 17.2 Å². The summed E-state index contributed by atoms with van der Waals surface area (Å²) in [5.74, 6) is 0.414. The predicted octanol–water partition coefficient (Wildman–Crippen LogP) is 2.97. The van der Waals surface area contributed by atoms with Gasteiger partial charge >= 0.3 is 0 Å². The fraction of sp³-hybridized carbons (Fsp3) is 0.176. The SMILES string of the molecule is COCC(=O)c1ccccc1OCc1ccc(C#N)cc1. The van der Waals surface area contributed by atoms with Gasteiger partial charge in [-0.25, -0.2) is 0 Å². The second kappa shape index (κ2) is 7.22. The maximum absolute atomic E-state index is 11.9. The Morgan fingerprint density at radius 3 is 2.52 bits per heavy atom. The van der Waals surface area contributed by atoms with Crippen LogP contribution >= 0.6 is 0 Å². The third kappa shape index (κ3) is 3.91. The van der Waals surface area contributed by atoms with Gasteiger partial charge in [-0.1, -0.05) is 24.3 Å². The fourth-order valence-corrected chi connectivity index (χ4v) is 1.87. The standard InChI is InChI=1S/C17H15NO3/c1-20-12-16(19)15-4-2-3-5-17(15)21-11-14-8-6-13(10-18)7-9-14/h2-9H,11-12H2,1H3. The van der Waals surface area contributed by atoms with Crippen LogP contribution in [-0.4, -0.2) is 19.5 Å². The summed E-state index contributed by atoms with van der Waals surface area (Å²) in [6, 6.07) is 16.3. The molecule has 0 N–H and O–H groups in total. The quantitative estimate of drug-likeness (QED) is 0.764. The van der Waals surface area contributed by atoms with Crippen molar-refractivity contribution in [2.75, 3.05) is 13.7 Å². The molecule has 0 saturated carbocycles. The number of carbonyl (C=O) groups is 1. The van der Waals surface area contributed by atoms with Gasteiger partial charge in [0.1, 0.15) is 19.0 Å². The molecule has 106 valence electrons. The van der Waals surface area contributed by atoms with E-state index in [0.29, 0.717) is 23.5 Å². The first-order valence-corrected chi connectivity index (χ1v) is 6.47. The molecule has 0 saturated heterocycles. The van der Waals surface area contributed by atoms with Gasteiger partial charge in [-0.2, -0.15) is 5.26 Å². The molecule has 0 bridgehead atoms. The van der Waals surface area contributed by atoms with E-state index < -0.39 is 0 Å². The van der Waals surface area contributed by atoms with Gasteiger partial charge in [-0.3, -0.25) is 4.79 Å². The molecule has 0 unspecified atom stereocenters. The highest BCUT2D eigenvalue weighted by Crippen LogP contribution is 2.20. The summed E-state index contributed by atoms with van der Waals surface area (Å²) in [5.41, 5.74) is 2.05. The highest BCUT2D eigenvalue weighted by atomic mass is 16.5. The molecule has 0 aliphatic heterocycles. The molecule has 2 aromatic rings. The topological polar surface area (TPSA) is 59.3 Å². The van der Waals surface area contributed by atoms with Gasteiger partial charge in [0.15, 0.2) is 5.78 Å². The van der Waals surface area contributed by atoms with Gasteiger partial charge in [-0.15, -0.1) is 0 Å². The number of hydrogen-bond acceptors (Lipinski definition) is 4. The number of Topliss-reactive ketones (excluding diaryl/α,β-unsaturated/α-hetero) is 1. The predicted molar refractivity (Wildman–Crippen MR) is 78.1 cm³/mol. The van der Waals surface area contributed by atoms with Crippen LogP contribution in [0.25, 0.3) is 0 Å². The van der Waals surface area contributed by atoms with Crippen molar-refractivity contribution in [3.8, 4) is 11.8 Å². The number of rotatable bonds is 6. The summed E-state index contributed by atoms with van der Waals surface area (Å²) >= 11 is 0. The van der Waals surface area contributed by atoms with Crippen molar-refractivity contribution in [1.82, 2.24) is 0 Å². The lowest BCUT2D eigenvalue weighted by atomic mass is 10.1. The number of ether oxygens (including phenoxy) is 2. The molecule has 0 aromatic heterocycles. The number of ketones is 1. The second-order valence-corrected chi connectivity index (χ2v) is 4.45. The second-order valence-electron chi connectivity index (χ2n) is 4.45. The summed E-state index contributed by atoms with van der Waals surface area (Å²) in [4.78, 5) is 11.9. The van der Waals surface area contributed by atoms with Crippen LogP contribution in [0.15, 0.2) is 48.5 Å². The molecule has 0 fully saturated rings. The van der Waals surface area contributed by atoms with Crippen LogP contribution in [0.1, 0.15) is 21.5 Å². The Morgan fingerprint density at radius 1 is 1.14 bits per heavy atom. The maximum Gasteiger partial charge on any atom is 0.192 e. The number of carbonyl (C=O) groups excluding carboxylic acids is 1. The van der Waals surface area contributed by atoms with Gasteiger partial charge in [0.25, 0.3) is 0 Å². The van der Waals surface area contributed by atoms with E-state index in [4.69, 9.17) is 14.7 Å². The lowest BCUT2D eigenvalue weighted by Crippen LogP contribution is -2.09. The van der Waals surface area contributed by atoms with Crippen LogP contribution < -0.4 is 4.74 Å². The van der Waals surface area contributed by atoms with E-state index in [-0.39, 0.29) is 12.4 Å². The fourth-order valence-electron chi connectivity index (χ4n) is 1.87. The first-order chi connectivity index (χ1) is 10.2. The van der Waals surface area contributed by atoms with Crippen molar-refractivity contribution in [3.05, 3.63) is 65.2 Å². The Kier molecular flexibility index (Phi) is 5.08. The Balaban J connectivity index is 2.09. The molecule has 0 heterocycles. The third-order valence-electron chi connectivity index (χ3n) is 2.94. The molecule has 0 spiro atoms. The normalized spacial score (nSPS) is 9.90. The highest BCUT2D eigenvalue weighted by molar-refractivity contribution is 5.99. The van der Waals surface area contributed by atoms with Gasteiger partial charge in [-0.05, 0) is 29.8 Å². The lowest BCUT2D eigenvalue weighted by Gasteiger charge is -2.10. The van der Waals surface area contributed by atoms with Crippen LogP contribution in [0.3, 0.4) is 0 Å². The molecular formula is C17H15NO3. The maximum atomic E-state index is 11.9. The zero-order valence-electron chi connectivity index (χ0n) is 11.7. The zero-order chi connectivity index (χ0) is 15.1. The number of para-hydroxylation sites is 1. The Hall–Kier alpha value is -2.64. The van der Waals surface area contributed by atoms with E-state index >= 15 is 0 Å². The molecule has 21 heavy (non-hydrogen) atoms. The van der Waals surface area contributed by atoms with E-state index in [1.807, 2.05) is 18.2 Å². The molecule has 2 aromatic carbocycles. The largest absolute Gasteiger partial charge is 0.488 e. The third-order valence-corrected chi connectivity index (χ3v) is 2.94. The molecule has 0 atom stereocenters. The number of methoxy groups -OCH3 is 1. The summed E-state index contributed by atoms with van der Waals surface area (Å²) < 4.78 is 10.6. The number of nitriles is 1. The minimum Gasteiger partial charge on any atom is -0.488 e. The van der Waals surface area contributed by atoms with Crippen molar-refractivity contribution in [2.24, 2.45) is 0 Å². The van der Waals surface area contributed by atoms with Crippen molar-refractivity contribution in [3.63, 3.8) is 0 Å². The van der Waals surface area contributed by atoms with Gasteiger partial charge in [0, 0.05) is 7.11 Å². The molecular weight excluding hydrogens is 266 g/mol. The first kappa shape index (κ1) is 14.8. The zero-order valence-corrected chi connectivity index (χ0v) is 11.7. The van der Waals surface area contributed by atoms with Crippen LogP contribution in [0, 0.1) is 11.3 Å². The van der Waals surface area contributed by atoms with Crippen LogP contribution in [0.4, 0.5) is 0 Å². The van der Waals surface area contributed by atoms with Gasteiger partial charge < -0.3 is 9.47 Å². The molecule has 0 amide bonds. The molecule has 2 rings (SSSR count). The molecule has 4 nitrogen and oxygen atoms in total. The summed E-state index contributed by atoms with van der Waals surface area (Å²) in [5, 5.41) is 8.75. The highest BCUT2D eigenvalue weighted by Gasteiger charge is 2.11. The average Bonchev–Trinajstić information content (AvgIpc) is 2.54. The Labute approximate surface area is 123 Å². The smallest absolute Gasteiger partial charge is 0.192 e. The van der Waals surface area contributed by atoms with Crippen LogP contribution in [0.5, 0.6) is 5.75 Å². The summed E-state index contributed by atoms with van der Waals surface area (Å²) in [7, 11) is 1.48. The number of nitrogens with zero attached hydrogens (tertiary/aromatic N) is 1. The molecule has 0 aliphatic rings. The van der Waals surface area contributed by atoms with Crippen molar-refractivity contribution in [2.45, 2.75) is 6.61 Å². The molecule has 0 aliphatic carbocycles. The van der Waals surface area contributed by atoms with E-state index in [0.717, 1.165) is 5.56 Å². The van der Waals surface area contributed by atoms with Crippen molar-refractivity contribution >= 4 is 5.78 Å². The molecule has 4 heteroatoms. The van der Waals surface area contributed by atoms with Crippen LogP contribution in [-0.2, 0) is 11.3 Å². The van der Waals surface area contributed by atoms with Gasteiger partial charge in [0.2, 0.25) is 0 Å². The minimum atomic E-state index is -0.118. The minimum absolute atomic E-state index is 0.0250. The molecule has 0 radical (unpaired) electrons. The lowest BCUT2D eigenvalue weighted by molar-refractivity contribution is 0.0843. The van der Waals surface area contributed by atoms with Crippen molar-refractivity contribution < 1.29 is 14.3 Å². The number of hydrogen-bond donors (Lipinski definition) is 0. The summed E-state index contributed by atoms with van der Waals surface area (Å²) in [6.07, 6.45) is 0. The Morgan fingerprint density at radius 2 is 1.86 bits per heavy atom. The van der Waals surface area contributed by atoms with Crippen LogP contribution in [0.2, 0.25) is 0 Å². The number of benzene rings is 2. The van der Waals surface area contributed by atoms with E-state index in [1.165, 1.54) is 7.11 Å². The van der Waals surface area contributed by atoms with Crippen molar-refractivity contribution in [1.29, 1.82) is 5.26 Å². The Bertz CT molecular complexity index is 656. The summed E-state index contributed by atoms with van der Waals surface area (Å²) in [6.45, 7) is 0.361. The monoisotopic (exact) mass is 281 g/mol. The van der Waals surface area contributed by atoms with E-state index in [1.54, 1.807) is 30.3 Å². The average molecular weight is 281 g/mol. The van der Waals surface area contributed by atoms with E-state index in [2.05, 4.69) is 6.07 Å². The first-order valence-electron chi connectivity index (χ1n) is 6.47.